The van der Waals surface area contributed by atoms with Crippen molar-refractivity contribution in [1.29, 1.82) is 0 Å². The number of nitrogens with two attached hydrogens (primary N) is 1. The standard InChI is InChI=1S/C12H18ClNO/c1-3-5-11(15-2)12(14)9-6-4-7-10(13)8-9/h4,6-8,11-12H,3,5,14H2,1-2H3. The molecule has 0 saturated heterocycles. The van der Waals surface area contributed by atoms with Gasteiger partial charge >= 0.3 is 0 Å². The lowest BCUT2D eigenvalue weighted by atomic mass is 9.99. The molecule has 0 radical (unpaired) electrons. The molecule has 0 saturated carbocycles. The molecule has 84 valence electrons. The first-order valence-corrected chi connectivity index (χ1v) is 5.60. The van der Waals surface area contributed by atoms with E-state index in [1.54, 1.807) is 7.11 Å². The van der Waals surface area contributed by atoms with E-state index in [-0.39, 0.29) is 12.1 Å². The Labute approximate surface area is 96.4 Å². The third-order valence-electron chi connectivity index (χ3n) is 2.51. The van der Waals surface area contributed by atoms with Crippen LogP contribution in [0, 0.1) is 0 Å². The number of rotatable bonds is 5. The van der Waals surface area contributed by atoms with Gasteiger partial charge in [-0.1, -0.05) is 37.1 Å². The van der Waals surface area contributed by atoms with Crippen LogP contribution in [0.5, 0.6) is 0 Å². The summed E-state index contributed by atoms with van der Waals surface area (Å²) in [5, 5.41) is 0.717. The SMILES string of the molecule is CCCC(OC)C(N)c1cccc(Cl)c1. The first-order valence-electron chi connectivity index (χ1n) is 5.22. The first-order chi connectivity index (χ1) is 7.19. The molecular formula is C12H18ClNO. The zero-order valence-corrected chi connectivity index (χ0v) is 10.00. The molecule has 3 heteroatoms. The fraction of sp³-hybridized carbons (Fsp3) is 0.500. The van der Waals surface area contributed by atoms with Gasteiger partial charge in [-0.3, -0.25) is 0 Å². The highest BCUT2D eigenvalue weighted by Gasteiger charge is 2.18. The summed E-state index contributed by atoms with van der Waals surface area (Å²) in [5.74, 6) is 0. The van der Waals surface area contributed by atoms with Gasteiger partial charge in [0.1, 0.15) is 0 Å². The van der Waals surface area contributed by atoms with Gasteiger partial charge in [-0.25, -0.2) is 0 Å². The molecule has 0 aliphatic rings. The van der Waals surface area contributed by atoms with Crippen LogP contribution in [0.3, 0.4) is 0 Å². The van der Waals surface area contributed by atoms with Gasteiger partial charge in [-0.15, -0.1) is 0 Å². The maximum Gasteiger partial charge on any atom is 0.0763 e. The van der Waals surface area contributed by atoms with Gasteiger partial charge in [-0.2, -0.15) is 0 Å². The lowest BCUT2D eigenvalue weighted by Gasteiger charge is -2.22. The molecule has 1 rings (SSSR count). The van der Waals surface area contributed by atoms with Crippen molar-refractivity contribution in [2.45, 2.75) is 31.9 Å². The molecule has 1 aromatic rings. The van der Waals surface area contributed by atoms with Crippen molar-refractivity contribution in [2.75, 3.05) is 7.11 Å². The largest absolute Gasteiger partial charge is 0.379 e. The van der Waals surface area contributed by atoms with Gasteiger partial charge in [0.2, 0.25) is 0 Å². The van der Waals surface area contributed by atoms with Crippen molar-refractivity contribution >= 4 is 11.6 Å². The van der Waals surface area contributed by atoms with Crippen molar-refractivity contribution in [2.24, 2.45) is 5.73 Å². The van der Waals surface area contributed by atoms with Gasteiger partial charge in [0.15, 0.2) is 0 Å². The summed E-state index contributed by atoms with van der Waals surface area (Å²) in [7, 11) is 1.70. The van der Waals surface area contributed by atoms with E-state index in [4.69, 9.17) is 22.1 Å². The highest BCUT2D eigenvalue weighted by Crippen LogP contribution is 2.22. The second-order valence-corrected chi connectivity index (χ2v) is 4.08. The Morgan fingerprint density at radius 2 is 2.20 bits per heavy atom. The van der Waals surface area contributed by atoms with Crippen molar-refractivity contribution in [3.63, 3.8) is 0 Å². The maximum absolute atomic E-state index is 6.12. The van der Waals surface area contributed by atoms with E-state index in [1.165, 1.54) is 0 Å². The molecule has 0 amide bonds. The number of benzene rings is 1. The summed E-state index contributed by atoms with van der Waals surface area (Å²) >= 11 is 5.92. The molecule has 15 heavy (non-hydrogen) atoms. The molecule has 0 bridgehead atoms. The van der Waals surface area contributed by atoms with E-state index in [1.807, 2.05) is 24.3 Å². The summed E-state index contributed by atoms with van der Waals surface area (Å²) < 4.78 is 5.38. The Bertz CT molecular complexity index is 303. The number of hydrogen-bond donors (Lipinski definition) is 1. The lowest BCUT2D eigenvalue weighted by Crippen LogP contribution is -2.27. The molecule has 2 atom stereocenters. The topological polar surface area (TPSA) is 35.2 Å². The summed E-state index contributed by atoms with van der Waals surface area (Å²) in [4.78, 5) is 0. The second kappa shape index (κ2) is 6.11. The number of hydrogen-bond acceptors (Lipinski definition) is 2. The van der Waals surface area contributed by atoms with Crippen LogP contribution in [0.1, 0.15) is 31.4 Å². The minimum Gasteiger partial charge on any atom is -0.379 e. The minimum absolute atomic E-state index is 0.0634. The molecule has 2 N–H and O–H groups in total. The summed E-state index contributed by atoms with van der Waals surface area (Å²) in [6.45, 7) is 2.12. The Morgan fingerprint density at radius 1 is 1.47 bits per heavy atom. The summed E-state index contributed by atoms with van der Waals surface area (Å²) in [6, 6.07) is 7.54. The normalized spacial score (nSPS) is 14.9. The molecule has 0 aromatic heterocycles. The fourth-order valence-electron chi connectivity index (χ4n) is 1.66. The number of ether oxygens (including phenoxy) is 1. The molecule has 1 aromatic carbocycles. The van der Waals surface area contributed by atoms with E-state index in [2.05, 4.69) is 6.92 Å². The van der Waals surface area contributed by atoms with Crippen molar-refractivity contribution in [3.8, 4) is 0 Å². The summed E-state index contributed by atoms with van der Waals surface area (Å²) in [5.41, 5.74) is 7.15. The molecule has 0 heterocycles. The average molecular weight is 228 g/mol. The Morgan fingerprint density at radius 3 is 2.73 bits per heavy atom. The van der Waals surface area contributed by atoms with Crippen LogP contribution in [-0.4, -0.2) is 13.2 Å². The fourth-order valence-corrected chi connectivity index (χ4v) is 1.86. The zero-order valence-electron chi connectivity index (χ0n) is 9.24. The lowest BCUT2D eigenvalue weighted by molar-refractivity contribution is 0.0725. The Kier molecular flexibility index (Phi) is 5.09. The van der Waals surface area contributed by atoms with Gasteiger partial charge in [-0.05, 0) is 24.1 Å². The molecule has 0 fully saturated rings. The van der Waals surface area contributed by atoms with Crippen LogP contribution < -0.4 is 5.73 Å². The predicted molar refractivity (Wildman–Crippen MR) is 64.1 cm³/mol. The van der Waals surface area contributed by atoms with Crippen LogP contribution in [0.25, 0.3) is 0 Å². The Balaban J connectivity index is 2.77. The van der Waals surface area contributed by atoms with E-state index < -0.39 is 0 Å². The van der Waals surface area contributed by atoms with Gasteiger partial charge in [0, 0.05) is 12.1 Å². The van der Waals surface area contributed by atoms with Gasteiger partial charge in [0.05, 0.1) is 12.1 Å². The van der Waals surface area contributed by atoms with Crippen molar-refractivity contribution in [1.82, 2.24) is 0 Å². The molecule has 0 aliphatic carbocycles. The van der Waals surface area contributed by atoms with E-state index >= 15 is 0 Å². The summed E-state index contributed by atoms with van der Waals surface area (Å²) in [6.07, 6.45) is 2.09. The van der Waals surface area contributed by atoms with E-state index in [0.717, 1.165) is 18.4 Å². The average Bonchev–Trinajstić information content (AvgIpc) is 2.25. The van der Waals surface area contributed by atoms with Crippen LogP contribution >= 0.6 is 11.6 Å². The number of halogens is 1. The van der Waals surface area contributed by atoms with Crippen molar-refractivity contribution < 1.29 is 4.74 Å². The Hall–Kier alpha value is -0.570. The quantitative estimate of drug-likeness (QED) is 0.839. The third-order valence-corrected chi connectivity index (χ3v) is 2.75. The highest BCUT2D eigenvalue weighted by atomic mass is 35.5. The molecular weight excluding hydrogens is 210 g/mol. The number of methoxy groups -OCH3 is 1. The van der Waals surface area contributed by atoms with E-state index in [0.29, 0.717) is 5.02 Å². The highest BCUT2D eigenvalue weighted by molar-refractivity contribution is 6.30. The van der Waals surface area contributed by atoms with Crippen LogP contribution in [0.4, 0.5) is 0 Å². The molecule has 0 aliphatic heterocycles. The van der Waals surface area contributed by atoms with Gasteiger partial charge < -0.3 is 10.5 Å². The smallest absolute Gasteiger partial charge is 0.0763 e. The zero-order chi connectivity index (χ0) is 11.3. The van der Waals surface area contributed by atoms with Crippen LogP contribution in [-0.2, 0) is 4.74 Å². The van der Waals surface area contributed by atoms with Crippen LogP contribution in [0.2, 0.25) is 5.02 Å². The molecule has 2 unspecified atom stereocenters. The molecule has 0 spiro atoms. The minimum atomic E-state index is -0.103. The third kappa shape index (κ3) is 3.49. The maximum atomic E-state index is 6.12. The first kappa shape index (κ1) is 12.5. The second-order valence-electron chi connectivity index (χ2n) is 3.64. The van der Waals surface area contributed by atoms with E-state index in [9.17, 15) is 0 Å². The predicted octanol–water partition coefficient (Wildman–Crippen LogP) is 3.15. The van der Waals surface area contributed by atoms with Crippen molar-refractivity contribution in [3.05, 3.63) is 34.9 Å². The van der Waals surface area contributed by atoms with Gasteiger partial charge in [0.25, 0.3) is 0 Å². The van der Waals surface area contributed by atoms with Crippen LogP contribution in [0.15, 0.2) is 24.3 Å². The monoisotopic (exact) mass is 227 g/mol. The molecule has 2 nitrogen and oxygen atoms in total.